The molecule has 120 valence electrons. The van der Waals surface area contributed by atoms with Gasteiger partial charge in [0.2, 0.25) is 5.91 Å². The number of nitrogens with zero attached hydrogens (tertiary/aromatic N) is 1. The zero-order valence-electron chi connectivity index (χ0n) is 13.0. The number of aromatic nitrogens is 1. The third-order valence-corrected chi connectivity index (χ3v) is 4.10. The summed E-state index contributed by atoms with van der Waals surface area (Å²) in [6, 6.07) is 22.6. The first-order valence-corrected chi connectivity index (χ1v) is 8.10. The van der Waals surface area contributed by atoms with Crippen LogP contribution in [0.3, 0.4) is 0 Å². The van der Waals surface area contributed by atoms with Gasteiger partial charge in [-0.2, -0.15) is 0 Å². The Morgan fingerprint density at radius 3 is 2.38 bits per heavy atom. The van der Waals surface area contributed by atoms with Crippen molar-refractivity contribution in [3.63, 3.8) is 0 Å². The number of hydrogen-bond donors (Lipinski definition) is 1. The van der Waals surface area contributed by atoms with E-state index in [0.29, 0.717) is 5.02 Å². The molecule has 1 amide bonds. The van der Waals surface area contributed by atoms with Gasteiger partial charge >= 0.3 is 0 Å². The lowest BCUT2D eigenvalue weighted by atomic mass is 10.0. The molecule has 0 radical (unpaired) electrons. The van der Waals surface area contributed by atoms with E-state index in [9.17, 15) is 4.79 Å². The maximum atomic E-state index is 12.5. The molecule has 1 heterocycles. The Morgan fingerprint density at radius 2 is 1.67 bits per heavy atom. The molecule has 1 unspecified atom stereocenters. The molecule has 0 aliphatic rings. The second-order valence-corrected chi connectivity index (χ2v) is 5.84. The molecule has 0 fully saturated rings. The van der Waals surface area contributed by atoms with Crippen molar-refractivity contribution in [1.29, 1.82) is 0 Å². The molecule has 0 aliphatic heterocycles. The lowest BCUT2D eigenvalue weighted by Gasteiger charge is -2.19. The Morgan fingerprint density at radius 1 is 0.958 bits per heavy atom. The zero-order chi connectivity index (χ0) is 16.8. The molecule has 0 aliphatic carbocycles. The Hall–Kier alpha value is -2.65. The highest BCUT2D eigenvalue weighted by atomic mass is 35.5. The number of halogens is 1. The second-order valence-electron chi connectivity index (χ2n) is 5.43. The van der Waals surface area contributed by atoms with E-state index in [1.807, 2.05) is 66.7 Å². The van der Waals surface area contributed by atoms with Crippen molar-refractivity contribution in [2.75, 3.05) is 0 Å². The highest BCUT2D eigenvalue weighted by molar-refractivity contribution is 6.31. The summed E-state index contributed by atoms with van der Waals surface area (Å²) in [6.07, 6.45) is 1.96. The minimum atomic E-state index is -0.289. The van der Waals surface area contributed by atoms with Gasteiger partial charge in [-0.1, -0.05) is 66.2 Å². The van der Waals surface area contributed by atoms with Crippen molar-refractivity contribution in [3.8, 4) is 0 Å². The summed E-state index contributed by atoms with van der Waals surface area (Å²) in [5.41, 5.74) is 2.60. The molecule has 1 aromatic heterocycles. The third kappa shape index (κ3) is 4.00. The van der Waals surface area contributed by atoms with Gasteiger partial charge in [-0.25, -0.2) is 0 Å². The molecule has 0 spiro atoms. The summed E-state index contributed by atoms with van der Waals surface area (Å²) < 4.78 is 0. The smallest absolute Gasteiger partial charge is 0.225 e. The van der Waals surface area contributed by atoms with E-state index in [1.165, 1.54) is 0 Å². The molecule has 0 saturated carbocycles. The fraction of sp³-hybridized carbons (Fsp3) is 0.100. The van der Waals surface area contributed by atoms with Crippen LogP contribution in [0.5, 0.6) is 0 Å². The van der Waals surface area contributed by atoms with Crippen LogP contribution in [0, 0.1) is 0 Å². The predicted molar refractivity (Wildman–Crippen MR) is 95.8 cm³/mol. The largest absolute Gasteiger partial charge is 0.343 e. The lowest BCUT2D eigenvalue weighted by Crippen LogP contribution is -2.31. The van der Waals surface area contributed by atoms with E-state index in [-0.39, 0.29) is 18.4 Å². The van der Waals surface area contributed by atoms with Gasteiger partial charge in [-0.05, 0) is 29.3 Å². The van der Waals surface area contributed by atoms with E-state index < -0.39 is 0 Å². The van der Waals surface area contributed by atoms with Crippen LogP contribution in [0.2, 0.25) is 5.02 Å². The van der Waals surface area contributed by atoms with Crippen molar-refractivity contribution in [2.24, 2.45) is 0 Å². The topological polar surface area (TPSA) is 42.0 Å². The molecule has 1 N–H and O–H groups in total. The predicted octanol–water partition coefficient (Wildman–Crippen LogP) is 4.18. The van der Waals surface area contributed by atoms with Crippen LogP contribution < -0.4 is 5.32 Å². The number of carbonyl (C=O) groups is 1. The fourth-order valence-electron chi connectivity index (χ4n) is 2.55. The highest BCUT2D eigenvalue weighted by Crippen LogP contribution is 2.21. The first-order valence-electron chi connectivity index (χ1n) is 7.72. The van der Waals surface area contributed by atoms with Gasteiger partial charge in [0.25, 0.3) is 0 Å². The molecule has 1 atom stereocenters. The van der Waals surface area contributed by atoms with E-state index in [1.54, 1.807) is 12.3 Å². The van der Waals surface area contributed by atoms with E-state index in [2.05, 4.69) is 10.3 Å². The average Bonchev–Trinajstić information content (AvgIpc) is 2.63. The molecule has 4 heteroatoms. The number of carbonyl (C=O) groups excluding carboxylic acids is 1. The molecule has 0 bridgehead atoms. The lowest BCUT2D eigenvalue weighted by molar-refractivity contribution is -0.120. The van der Waals surface area contributed by atoms with Gasteiger partial charge in [0.15, 0.2) is 0 Å². The third-order valence-electron chi connectivity index (χ3n) is 3.73. The number of benzene rings is 2. The quantitative estimate of drug-likeness (QED) is 0.759. The molecule has 24 heavy (non-hydrogen) atoms. The molecule has 3 aromatic rings. The van der Waals surface area contributed by atoms with Crippen LogP contribution in [0.15, 0.2) is 79.0 Å². The van der Waals surface area contributed by atoms with E-state index in [4.69, 9.17) is 11.6 Å². The van der Waals surface area contributed by atoms with Gasteiger partial charge in [0.1, 0.15) is 0 Å². The van der Waals surface area contributed by atoms with Crippen LogP contribution in [0.4, 0.5) is 0 Å². The minimum absolute atomic E-state index is 0.0948. The Labute approximate surface area is 146 Å². The van der Waals surface area contributed by atoms with Crippen molar-refractivity contribution in [2.45, 2.75) is 12.5 Å². The maximum Gasteiger partial charge on any atom is 0.225 e. The van der Waals surface area contributed by atoms with Crippen molar-refractivity contribution in [1.82, 2.24) is 10.3 Å². The molecule has 3 nitrogen and oxygen atoms in total. The zero-order valence-corrected chi connectivity index (χ0v) is 13.8. The first-order chi connectivity index (χ1) is 11.7. The number of amides is 1. The van der Waals surface area contributed by atoms with E-state index >= 15 is 0 Å². The monoisotopic (exact) mass is 336 g/mol. The van der Waals surface area contributed by atoms with Gasteiger partial charge < -0.3 is 5.32 Å². The van der Waals surface area contributed by atoms with Gasteiger partial charge in [0, 0.05) is 11.2 Å². The Balaban J connectivity index is 1.82. The highest BCUT2D eigenvalue weighted by Gasteiger charge is 2.18. The summed E-state index contributed by atoms with van der Waals surface area (Å²) in [7, 11) is 0. The second kappa shape index (κ2) is 7.75. The number of rotatable bonds is 5. The normalized spacial score (nSPS) is 11.7. The van der Waals surface area contributed by atoms with Gasteiger partial charge in [-0.15, -0.1) is 0 Å². The molecule has 2 aromatic carbocycles. The molecule has 0 saturated heterocycles. The van der Waals surface area contributed by atoms with Crippen LogP contribution >= 0.6 is 11.6 Å². The summed E-state index contributed by atoms with van der Waals surface area (Å²) >= 11 is 6.15. The van der Waals surface area contributed by atoms with Gasteiger partial charge in [0.05, 0.1) is 18.2 Å². The van der Waals surface area contributed by atoms with Crippen LogP contribution in [0.25, 0.3) is 0 Å². The van der Waals surface area contributed by atoms with Crippen LogP contribution in [0.1, 0.15) is 22.9 Å². The van der Waals surface area contributed by atoms with Crippen molar-refractivity contribution >= 4 is 17.5 Å². The minimum Gasteiger partial charge on any atom is -0.343 e. The average molecular weight is 337 g/mol. The van der Waals surface area contributed by atoms with Crippen molar-refractivity contribution in [3.05, 3.63) is 101 Å². The standard InChI is InChI=1S/C20H17ClN2O/c21-17-11-5-4-10-16(17)14-19(24)23-20(15-8-2-1-3-9-15)18-12-6-7-13-22-18/h1-13,20H,14H2,(H,23,24). The van der Waals surface area contributed by atoms with Crippen LogP contribution in [-0.4, -0.2) is 10.9 Å². The Bertz CT molecular complexity index is 767. The Kier molecular flexibility index (Phi) is 5.24. The van der Waals surface area contributed by atoms with Crippen molar-refractivity contribution < 1.29 is 4.79 Å². The fourth-order valence-corrected chi connectivity index (χ4v) is 2.75. The first kappa shape index (κ1) is 16.2. The summed E-state index contributed by atoms with van der Waals surface area (Å²) in [5, 5.41) is 3.66. The summed E-state index contributed by atoms with van der Waals surface area (Å²) in [5.74, 6) is -0.0948. The van der Waals surface area contributed by atoms with Gasteiger partial charge in [-0.3, -0.25) is 9.78 Å². The number of pyridine rings is 1. The van der Waals surface area contributed by atoms with Crippen LogP contribution in [-0.2, 0) is 11.2 Å². The van der Waals surface area contributed by atoms with E-state index in [0.717, 1.165) is 16.8 Å². The summed E-state index contributed by atoms with van der Waals surface area (Å²) in [6.45, 7) is 0. The molecular formula is C20H17ClN2O. The molecular weight excluding hydrogens is 320 g/mol. The number of hydrogen-bond acceptors (Lipinski definition) is 2. The maximum absolute atomic E-state index is 12.5. The SMILES string of the molecule is O=C(Cc1ccccc1Cl)NC(c1ccccc1)c1ccccn1. The summed E-state index contributed by atoms with van der Waals surface area (Å²) in [4.78, 5) is 16.9. The molecule has 3 rings (SSSR count). The number of nitrogens with one attached hydrogen (secondary N) is 1.